The molecule has 3 amide bonds. The quantitative estimate of drug-likeness (QED) is 0.364. The summed E-state index contributed by atoms with van der Waals surface area (Å²) >= 11 is 3.47. The zero-order valence-corrected chi connectivity index (χ0v) is 18.8. The van der Waals surface area contributed by atoms with Gasteiger partial charge >= 0.3 is 12.0 Å². The van der Waals surface area contributed by atoms with Gasteiger partial charge in [0.2, 0.25) is 0 Å². The number of benzene rings is 2. The van der Waals surface area contributed by atoms with Crippen LogP contribution in [-0.4, -0.2) is 43.6 Å². The van der Waals surface area contributed by atoms with Gasteiger partial charge in [-0.1, -0.05) is 45.8 Å². The largest absolute Gasteiger partial charge is 0.493 e. The van der Waals surface area contributed by atoms with Crippen molar-refractivity contribution in [3.63, 3.8) is 0 Å². The number of methoxy groups -OCH3 is 2. The first-order chi connectivity index (χ1) is 14.8. The highest BCUT2D eigenvalue weighted by Gasteiger charge is 2.35. The predicted molar refractivity (Wildman–Crippen MR) is 116 cm³/mol. The minimum Gasteiger partial charge on any atom is -0.493 e. The van der Waals surface area contributed by atoms with E-state index in [9.17, 15) is 14.4 Å². The first-order valence-electron chi connectivity index (χ1n) is 9.29. The molecule has 31 heavy (non-hydrogen) atoms. The third-order valence-corrected chi connectivity index (χ3v) is 5.22. The Morgan fingerprint density at radius 1 is 1.16 bits per heavy atom. The number of rotatable bonds is 7. The molecule has 2 aromatic carbocycles. The molecule has 0 atom stereocenters. The van der Waals surface area contributed by atoms with E-state index >= 15 is 0 Å². The molecule has 1 heterocycles. The number of nitrogens with zero attached hydrogens (tertiary/aromatic N) is 1. The van der Waals surface area contributed by atoms with Crippen LogP contribution in [0.4, 0.5) is 4.79 Å². The molecule has 0 radical (unpaired) electrons. The summed E-state index contributed by atoms with van der Waals surface area (Å²) < 4.78 is 16.5. The number of aryl methyl sites for hydroxylation is 1. The summed E-state index contributed by atoms with van der Waals surface area (Å²) in [7, 11) is 2.70. The minimum atomic E-state index is -0.692. The van der Waals surface area contributed by atoms with Crippen LogP contribution in [0, 0.1) is 6.92 Å². The monoisotopic (exact) mass is 488 g/mol. The van der Waals surface area contributed by atoms with Gasteiger partial charge in [-0.2, -0.15) is 0 Å². The number of amides is 3. The summed E-state index contributed by atoms with van der Waals surface area (Å²) in [5.41, 5.74) is 2.78. The van der Waals surface area contributed by atoms with E-state index in [2.05, 4.69) is 26.0 Å². The Kier molecular flexibility index (Phi) is 6.96. The molecule has 0 spiro atoms. The molecule has 1 N–H and O–H groups in total. The molecule has 2 aromatic rings. The fourth-order valence-electron chi connectivity index (χ4n) is 2.96. The normalized spacial score (nSPS) is 14.6. The number of imide groups is 1. The minimum absolute atomic E-state index is 0.0325. The Morgan fingerprint density at radius 3 is 2.61 bits per heavy atom. The van der Waals surface area contributed by atoms with Crippen molar-refractivity contribution in [2.24, 2.45) is 0 Å². The van der Waals surface area contributed by atoms with Gasteiger partial charge in [-0.05, 0) is 36.3 Å². The molecule has 1 aliphatic heterocycles. The van der Waals surface area contributed by atoms with Crippen molar-refractivity contribution in [1.29, 1.82) is 0 Å². The van der Waals surface area contributed by atoms with E-state index in [1.54, 1.807) is 12.1 Å². The highest BCUT2D eigenvalue weighted by molar-refractivity contribution is 9.10. The molecule has 0 aliphatic carbocycles. The number of hydrogen-bond acceptors (Lipinski definition) is 6. The standard InChI is InChI=1S/C22H21BrN2O6/c1-13-5-4-6-14(7-13)12-31-19-10-16(23)15(9-18(19)29-2)8-17-21(27)25(22(28)24-17)11-20(26)30-3/h4-10H,11-12H2,1-3H3,(H,24,28)/b17-8+. The molecule has 1 saturated heterocycles. The third kappa shape index (κ3) is 5.24. The van der Waals surface area contributed by atoms with Crippen molar-refractivity contribution in [1.82, 2.24) is 10.2 Å². The lowest BCUT2D eigenvalue weighted by atomic mass is 10.1. The number of ether oxygens (including phenoxy) is 3. The molecule has 9 heteroatoms. The first kappa shape index (κ1) is 22.4. The number of hydrogen-bond donors (Lipinski definition) is 1. The third-order valence-electron chi connectivity index (χ3n) is 4.54. The summed E-state index contributed by atoms with van der Waals surface area (Å²) in [4.78, 5) is 36.7. The molecular formula is C22H21BrN2O6. The Labute approximate surface area is 187 Å². The lowest BCUT2D eigenvalue weighted by molar-refractivity contribution is -0.143. The van der Waals surface area contributed by atoms with Crippen molar-refractivity contribution in [3.05, 3.63) is 63.3 Å². The first-order valence-corrected chi connectivity index (χ1v) is 10.1. The number of urea groups is 1. The van der Waals surface area contributed by atoms with Crippen LogP contribution in [0.2, 0.25) is 0 Å². The van der Waals surface area contributed by atoms with Gasteiger partial charge in [0.05, 0.1) is 14.2 Å². The second-order valence-corrected chi connectivity index (χ2v) is 7.61. The maximum Gasteiger partial charge on any atom is 0.329 e. The van der Waals surface area contributed by atoms with Gasteiger partial charge < -0.3 is 19.5 Å². The summed E-state index contributed by atoms with van der Waals surface area (Å²) in [5.74, 6) is -0.332. The molecular weight excluding hydrogens is 468 g/mol. The van der Waals surface area contributed by atoms with Crippen LogP contribution < -0.4 is 14.8 Å². The molecule has 1 aliphatic rings. The summed E-state index contributed by atoms with van der Waals surface area (Å²) in [6.45, 7) is 1.91. The highest BCUT2D eigenvalue weighted by Crippen LogP contribution is 2.35. The topological polar surface area (TPSA) is 94.2 Å². The van der Waals surface area contributed by atoms with E-state index in [0.29, 0.717) is 28.1 Å². The Morgan fingerprint density at radius 2 is 1.94 bits per heavy atom. The van der Waals surface area contributed by atoms with Crippen molar-refractivity contribution in [3.8, 4) is 11.5 Å². The van der Waals surface area contributed by atoms with Crippen LogP contribution in [-0.2, 0) is 20.9 Å². The number of carbonyl (C=O) groups excluding carboxylic acids is 3. The molecule has 8 nitrogen and oxygen atoms in total. The average molecular weight is 489 g/mol. The van der Waals surface area contributed by atoms with Crippen molar-refractivity contribution >= 4 is 39.9 Å². The van der Waals surface area contributed by atoms with Gasteiger partial charge in [-0.3, -0.25) is 9.59 Å². The van der Waals surface area contributed by atoms with Crippen LogP contribution >= 0.6 is 15.9 Å². The van der Waals surface area contributed by atoms with Gasteiger partial charge in [0.1, 0.15) is 18.8 Å². The van der Waals surface area contributed by atoms with E-state index in [-0.39, 0.29) is 5.70 Å². The van der Waals surface area contributed by atoms with E-state index in [4.69, 9.17) is 9.47 Å². The van der Waals surface area contributed by atoms with Crippen LogP contribution in [0.3, 0.4) is 0 Å². The van der Waals surface area contributed by atoms with E-state index < -0.39 is 24.5 Å². The van der Waals surface area contributed by atoms with Crippen molar-refractivity contribution in [2.75, 3.05) is 20.8 Å². The second kappa shape index (κ2) is 9.65. The predicted octanol–water partition coefficient (Wildman–Crippen LogP) is 3.41. The van der Waals surface area contributed by atoms with Crippen molar-refractivity contribution < 1.29 is 28.6 Å². The van der Waals surface area contributed by atoms with Crippen LogP contribution in [0.1, 0.15) is 16.7 Å². The molecule has 0 unspecified atom stereocenters. The van der Waals surface area contributed by atoms with Gasteiger partial charge in [0, 0.05) is 4.47 Å². The second-order valence-electron chi connectivity index (χ2n) is 6.76. The molecule has 162 valence electrons. The van der Waals surface area contributed by atoms with Gasteiger partial charge in [0.15, 0.2) is 11.5 Å². The fourth-order valence-corrected chi connectivity index (χ4v) is 3.40. The molecule has 0 saturated carbocycles. The number of halogens is 1. The van der Waals surface area contributed by atoms with Gasteiger partial charge in [0.25, 0.3) is 5.91 Å². The molecule has 0 aromatic heterocycles. The summed E-state index contributed by atoms with van der Waals surface area (Å²) in [6.07, 6.45) is 1.49. The molecule has 0 bridgehead atoms. The van der Waals surface area contributed by atoms with E-state index in [0.717, 1.165) is 16.0 Å². The smallest absolute Gasteiger partial charge is 0.329 e. The van der Waals surface area contributed by atoms with E-state index in [1.807, 2.05) is 31.2 Å². The Hall–Kier alpha value is -3.33. The van der Waals surface area contributed by atoms with Gasteiger partial charge in [-0.15, -0.1) is 0 Å². The number of nitrogens with one attached hydrogen (secondary N) is 1. The van der Waals surface area contributed by atoms with Crippen LogP contribution in [0.15, 0.2) is 46.6 Å². The van der Waals surface area contributed by atoms with Gasteiger partial charge in [-0.25, -0.2) is 9.69 Å². The number of esters is 1. The van der Waals surface area contributed by atoms with Crippen LogP contribution in [0.5, 0.6) is 11.5 Å². The van der Waals surface area contributed by atoms with Crippen LogP contribution in [0.25, 0.3) is 6.08 Å². The lowest BCUT2D eigenvalue weighted by Gasteiger charge is -2.13. The molecule has 1 fully saturated rings. The maximum absolute atomic E-state index is 12.5. The number of carbonyl (C=O) groups is 3. The SMILES string of the molecule is COC(=O)CN1C(=O)N/C(=C/c2cc(OC)c(OCc3cccc(C)c3)cc2Br)C1=O. The zero-order chi connectivity index (χ0) is 22.5. The highest BCUT2D eigenvalue weighted by atomic mass is 79.9. The van der Waals surface area contributed by atoms with Crippen molar-refractivity contribution in [2.45, 2.75) is 13.5 Å². The van der Waals surface area contributed by atoms with E-state index in [1.165, 1.54) is 20.3 Å². The summed E-state index contributed by atoms with van der Waals surface area (Å²) in [5, 5.41) is 2.46. The Bertz CT molecular complexity index is 1070. The average Bonchev–Trinajstić information content (AvgIpc) is 3.01. The maximum atomic E-state index is 12.5. The fraction of sp³-hybridized carbons (Fsp3) is 0.227. The Balaban J connectivity index is 1.82. The lowest BCUT2D eigenvalue weighted by Crippen LogP contribution is -2.36. The molecule has 3 rings (SSSR count). The zero-order valence-electron chi connectivity index (χ0n) is 17.2. The summed E-state index contributed by atoms with van der Waals surface area (Å²) in [6, 6.07) is 10.7.